The van der Waals surface area contributed by atoms with Crippen LogP contribution >= 0.6 is 12.2 Å². The van der Waals surface area contributed by atoms with E-state index in [9.17, 15) is 0 Å². The Morgan fingerprint density at radius 2 is 1.92 bits per heavy atom. The second kappa shape index (κ2) is 6.33. The third kappa shape index (κ3) is 2.91. The lowest BCUT2D eigenvalue weighted by molar-refractivity contribution is 0.558. The molecule has 1 aliphatic heterocycles. The zero-order valence-electron chi connectivity index (χ0n) is 14.2. The summed E-state index contributed by atoms with van der Waals surface area (Å²) in [4.78, 5) is 10.2. The van der Waals surface area contributed by atoms with E-state index in [1.165, 1.54) is 5.56 Å². The molecule has 0 spiro atoms. The molecular formula is C20H20N4S. The van der Waals surface area contributed by atoms with Crippen LogP contribution in [0.15, 0.2) is 60.8 Å². The Hall–Kier alpha value is -2.66. The topological polar surface area (TPSA) is 44.0 Å². The Bertz CT molecular complexity index is 903. The van der Waals surface area contributed by atoms with Gasteiger partial charge in [-0.15, -0.1) is 0 Å². The average molecular weight is 348 g/mol. The van der Waals surface area contributed by atoms with Crippen LogP contribution in [0.4, 0.5) is 5.69 Å². The Labute approximate surface area is 152 Å². The van der Waals surface area contributed by atoms with Crippen molar-refractivity contribution in [1.29, 1.82) is 0 Å². The molecule has 0 saturated carbocycles. The number of benzene rings is 1. The summed E-state index contributed by atoms with van der Waals surface area (Å²) in [6, 6.07) is 18.7. The van der Waals surface area contributed by atoms with Crippen molar-refractivity contribution in [3.8, 4) is 0 Å². The molecule has 3 aromatic rings. The maximum absolute atomic E-state index is 5.70. The molecule has 3 heterocycles. The summed E-state index contributed by atoms with van der Waals surface area (Å²) in [6.07, 6.45) is 1.83. The van der Waals surface area contributed by atoms with Crippen LogP contribution in [0.1, 0.15) is 34.7 Å². The van der Waals surface area contributed by atoms with Crippen LogP contribution in [-0.4, -0.2) is 15.1 Å². The first-order valence-corrected chi connectivity index (χ1v) is 8.77. The molecular weight excluding hydrogens is 328 g/mol. The molecule has 1 aliphatic rings. The summed E-state index contributed by atoms with van der Waals surface area (Å²) >= 11 is 5.70. The second-order valence-electron chi connectivity index (χ2n) is 6.43. The van der Waals surface area contributed by atoms with Crippen molar-refractivity contribution < 1.29 is 0 Å². The molecule has 2 atom stereocenters. The molecule has 0 radical (unpaired) electrons. The van der Waals surface area contributed by atoms with Crippen molar-refractivity contribution in [3.63, 3.8) is 0 Å². The number of rotatable bonds is 3. The van der Waals surface area contributed by atoms with Gasteiger partial charge >= 0.3 is 0 Å². The number of hydrogen-bond donors (Lipinski definition) is 2. The van der Waals surface area contributed by atoms with Crippen LogP contribution in [0.5, 0.6) is 0 Å². The minimum absolute atomic E-state index is 0.00716. The standard InChI is InChI=1S/C20H20N4S/c1-13-6-5-7-15(12-13)24-19(17-10-9-14(2)22-17)18(23-20(24)25)16-8-3-4-11-21-16/h3-12,18-19,22H,1-2H3,(H,23,25)/t18-,19+/m1/s1. The summed E-state index contributed by atoms with van der Waals surface area (Å²) in [5.41, 5.74) is 5.55. The third-order valence-corrected chi connectivity index (χ3v) is 4.87. The van der Waals surface area contributed by atoms with Crippen LogP contribution in [0.3, 0.4) is 0 Å². The van der Waals surface area contributed by atoms with Crippen LogP contribution in [0.25, 0.3) is 0 Å². The first-order chi connectivity index (χ1) is 12.1. The summed E-state index contributed by atoms with van der Waals surface area (Å²) in [5.74, 6) is 0. The highest BCUT2D eigenvalue weighted by Gasteiger charge is 2.41. The first kappa shape index (κ1) is 15.8. The lowest BCUT2D eigenvalue weighted by Gasteiger charge is -2.27. The van der Waals surface area contributed by atoms with Crippen molar-refractivity contribution in [1.82, 2.24) is 15.3 Å². The van der Waals surface area contributed by atoms with Gasteiger partial charge in [-0.05, 0) is 68.0 Å². The average Bonchev–Trinajstić information content (AvgIpc) is 3.18. The van der Waals surface area contributed by atoms with E-state index in [0.29, 0.717) is 0 Å². The molecule has 4 nitrogen and oxygen atoms in total. The monoisotopic (exact) mass is 348 g/mol. The van der Waals surface area contributed by atoms with Crippen molar-refractivity contribution >= 4 is 23.0 Å². The number of aryl methyl sites for hydroxylation is 2. The number of hydrogen-bond acceptors (Lipinski definition) is 2. The summed E-state index contributed by atoms with van der Waals surface area (Å²) in [5, 5.41) is 4.19. The molecule has 2 N–H and O–H groups in total. The van der Waals surface area contributed by atoms with Crippen molar-refractivity contribution in [3.05, 3.63) is 83.4 Å². The van der Waals surface area contributed by atoms with Crippen LogP contribution in [-0.2, 0) is 0 Å². The second-order valence-corrected chi connectivity index (χ2v) is 6.82. The number of nitrogens with one attached hydrogen (secondary N) is 2. The van der Waals surface area contributed by atoms with Gasteiger partial charge in [0.05, 0.1) is 11.7 Å². The van der Waals surface area contributed by atoms with Gasteiger partial charge in [-0.1, -0.05) is 18.2 Å². The van der Waals surface area contributed by atoms with Crippen LogP contribution in [0.2, 0.25) is 0 Å². The molecule has 2 aromatic heterocycles. The lowest BCUT2D eigenvalue weighted by Crippen LogP contribution is -2.29. The molecule has 1 saturated heterocycles. The Kier molecular flexibility index (Phi) is 4.01. The molecule has 0 aliphatic carbocycles. The molecule has 0 bridgehead atoms. The molecule has 25 heavy (non-hydrogen) atoms. The van der Waals surface area contributed by atoms with Gasteiger partial charge in [0.15, 0.2) is 5.11 Å². The predicted octanol–water partition coefficient (Wildman–Crippen LogP) is 4.20. The number of anilines is 1. The number of aromatic nitrogens is 2. The Morgan fingerprint density at radius 1 is 1.04 bits per heavy atom. The molecule has 5 heteroatoms. The van der Waals surface area contributed by atoms with E-state index in [2.05, 4.69) is 70.4 Å². The van der Waals surface area contributed by atoms with Gasteiger partial charge in [0.1, 0.15) is 6.04 Å². The highest BCUT2D eigenvalue weighted by Crippen LogP contribution is 2.41. The first-order valence-electron chi connectivity index (χ1n) is 8.36. The number of H-pyrrole nitrogens is 1. The van der Waals surface area contributed by atoms with Gasteiger partial charge < -0.3 is 15.2 Å². The van der Waals surface area contributed by atoms with Crippen LogP contribution < -0.4 is 10.2 Å². The normalized spacial score (nSPS) is 19.9. The molecule has 0 unspecified atom stereocenters. The highest BCUT2D eigenvalue weighted by molar-refractivity contribution is 7.80. The quantitative estimate of drug-likeness (QED) is 0.696. The molecule has 0 amide bonds. The van der Waals surface area contributed by atoms with Gasteiger partial charge in [-0.3, -0.25) is 4.98 Å². The summed E-state index contributed by atoms with van der Waals surface area (Å²) in [6.45, 7) is 4.16. The fourth-order valence-electron chi connectivity index (χ4n) is 3.43. The lowest BCUT2D eigenvalue weighted by atomic mass is 10.0. The summed E-state index contributed by atoms with van der Waals surface area (Å²) in [7, 11) is 0. The molecule has 126 valence electrons. The van der Waals surface area contributed by atoms with Crippen molar-refractivity contribution in [2.45, 2.75) is 25.9 Å². The molecule has 1 fully saturated rings. The number of thiocarbonyl (C=S) groups is 1. The summed E-state index contributed by atoms with van der Waals surface area (Å²) < 4.78 is 0. The molecule has 1 aromatic carbocycles. The Balaban J connectivity index is 1.83. The minimum Gasteiger partial charge on any atom is -0.361 e. The van der Waals surface area contributed by atoms with E-state index in [0.717, 1.165) is 27.9 Å². The highest BCUT2D eigenvalue weighted by atomic mass is 32.1. The van der Waals surface area contributed by atoms with Gasteiger partial charge in [0.2, 0.25) is 0 Å². The van der Waals surface area contributed by atoms with Gasteiger partial charge in [-0.25, -0.2) is 0 Å². The number of nitrogens with zero attached hydrogens (tertiary/aromatic N) is 2. The van der Waals surface area contributed by atoms with Gasteiger partial charge in [0, 0.05) is 23.3 Å². The fourth-order valence-corrected chi connectivity index (χ4v) is 3.77. The van der Waals surface area contributed by atoms with E-state index < -0.39 is 0 Å². The number of aromatic amines is 1. The van der Waals surface area contributed by atoms with E-state index in [4.69, 9.17) is 12.2 Å². The van der Waals surface area contributed by atoms with E-state index in [1.807, 2.05) is 24.4 Å². The third-order valence-electron chi connectivity index (χ3n) is 4.55. The van der Waals surface area contributed by atoms with Crippen LogP contribution in [0, 0.1) is 13.8 Å². The zero-order valence-corrected chi connectivity index (χ0v) is 15.0. The maximum Gasteiger partial charge on any atom is 0.174 e. The predicted molar refractivity (Wildman–Crippen MR) is 105 cm³/mol. The smallest absolute Gasteiger partial charge is 0.174 e. The van der Waals surface area contributed by atoms with Crippen molar-refractivity contribution in [2.24, 2.45) is 0 Å². The maximum atomic E-state index is 5.70. The zero-order chi connectivity index (χ0) is 17.4. The minimum atomic E-state index is -0.00716. The van der Waals surface area contributed by atoms with Gasteiger partial charge in [0.25, 0.3) is 0 Å². The molecule has 4 rings (SSSR count). The number of pyridine rings is 1. The van der Waals surface area contributed by atoms with E-state index >= 15 is 0 Å². The van der Waals surface area contributed by atoms with E-state index in [1.54, 1.807) is 0 Å². The Morgan fingerprint density at radius 3 is 2.60 bits per heavy atom. The van der Waals surface area contributed by atoms with Gasteiger partial charge in [-0.2, -0.15) is 0 Å². The largest absolute Gasteiger partial charge is 0.361 e. The SMILES string of the molecule is Cc1cccc(N2C(=S)N[C@H](c3ccccn3)[C@@H]2c2ccc(C)[nH]2)c1. The van der Waals surface area contributed by atoms with E-state index in [-0.39, 0.29) is 12.1 Å². The van der Waals surface area contributed by atoms with Crippen molar-refractivity contribution in [2.75, 3.05) is 4.90 Å². The fraction of sp³-hybridized carbons (Fsp3) is 0.200.